The Bertz CT molecular complexity index is 447. The van der Waals surface area contributed by atoms with Crippen molar-refractivity contribution in [3.8, 4) is 0 Å². The van der Waals surface area contributed by atoms with Gasteiger partial charge in [-0.3, -0.25) is 0 Å². The maximum atomic E-state index is 12.8. The Morgan fingerprint density at radius 3 is 2.72 bits per heavy atom. The van der Waals surface area contributed by atoms with E-state index in [2.05, 4.69) is 0 Å². The second kappa shape index (κ2) is 4.64. The lowest BCUT2D eigenvalue weighted by atomic mass is 10.1. The normalized spacial score (nSPS) is 20.3. The Balaban J connectivity index is 2.33. The molecule has 0 radical (unpaired) electrons. The van der Waals surface area contributed by atoms with Gasteiger partial charge in [0.05, 0.1) is 6.61 Å². The van der Waals surface area contributed by atoms with Crippen LogP contribution >= 0.6 is 0 Å². The van der Waals surface area contributed by atoms with E-state index in [1.54, 1.807) is 0 Å². The lowest BCUT2D eigenvalue weighted by molar-refractivity contribution is -0.143. The lowest BCUT2D eigenvalue weighted by Gasteiger charge is -2.16. The Kier molecular flexibility index (Phi) is 3.34. The Morgan fingerprint density at radius 2 is 2.22 bits per heavy atom. The number of ether oxygens (including phenoxy) is 1. The highest BCUT2D eigenvalue weighted by Gasteiger charge is 2.36. The first kappa shape index (κ1) is 12.9. The minimum absolute atomic E-state index is 0.0173. The number of carbonyl (C=O) groups is 1. The van der Waals surface area contributed by atoms with E-state index in [0.29, 0.717) is 19.6 Å². The van der Waals surface area contributed by atoms with Crippen LogP contribution in [0.1, 0.15) is 22.6 Å². The van der Waals surface area contributed by atoms with Crippen molar-refractivity contribution in [3.05, 3.63) is 23.5 Å². The molecule has 0 spiro atoms. The molecule has 1 aliphatic heterocycles. The maximum absolute atomic E-state index is 12.8. The number of nitrogens with zero attached hydrogens (tertiary/aromatic N) is 1. The molecule has 1 aliphatic rings. The van der Waals surface area contributed by atoms with Gasteiger partial charge in [-0.2, -0.15) is 13.2 Å². The summed E-state index contributed by atoms with van der Waals surface area (Å²) in [5, 5.41) is 8.90. The SMILES string of the molecule is O=C(O)c1ccc(C(F)(F)F)n1CC1CCOC1. The average Bonchev–Trinajstić information content (AvgIpc) is 2.85. The lowest BCUT2D eigenvalue weighted by Crippen LogP contribution is -2.21. The van der Waals surface area contributed by atoms with Crippen molar-refractivity contribution in [3.63, 3.8) is 0 Å². The molecule has 100 valence electrons. The third kappa shape index (κ3) is 2.50. The van der Waals surface area contributed by atoms with Crippen molar-refractivity contribution in [2.75, 3.05) is 13.2 Å². The summed E-state index contributed by atoms with van der Waals surface area (Å²) in [7, 11) is 0. The van der Waals surface area contributed by atoms with E-state index in [1.807, 2.05) is 0 Å². The van der Waals surface area contributed by atoms with Crippen molar-refractivity contribution in [1.82, 2.24) is 4.57 Å². The molecule has 0 aliphatic carbocycles. The molecule has 4 nitrogen and oxygen atoms in total. The molecule has 1 aromatic heterocycles. The van der Waals surface area contributed by atoms with Crippen LogP contribution in [0.3, 0.4) is 0 Å². The molecular formula is C11H12F3NO3. The molecule has 2 heterocycles. The Labute approximate surface area is 101 Å². The molecule has 0 saturated carbocycles. The Hall–Kier alpha value is -1.50. The van der Waals surface area contributed by atoms with Gasteiger partial charge in [0.2, 0.25) is 0 Å². The van der Waals surface area contributed by atoms with Crippen molar-refractivity contribution >= 4 is 5.97 Å². The third-order valence-electron chi connectivity index (χ3n) is 2.95. The van der Waals surface area contributed by atoms with Crippen LogP contribution in [0, 0.1) is 5.92 Å². The number of aromatic nitrogens is 1. The van der Waals surface area contributed by atoms with Gasteiger partial charge in [-0.1, -0.05) is 0 Å². The number of alkyl halides is 3. The van der Waals surface area contributed by atoms with Crippen molar-refractivity contribution in [2.45, 2.75) is 19.1 Å². The number of aromatic carboxylic acids is 1. The summed E-state index contributed by atoms with van der Waals surface area (Å²) in [5.74, 6) is -1.43. The molecular weight excluding hydrogens is 251 g/mol. The van der Waals surface area contributed by atoms with E-state index in [1.165, 1.54) is 0 Å². The molecule has 7 heteroatoms. The summed E-state index contributed by atoms with van der Waals surface area (Å²) in [6.45, 7) is 0.897. The monoisotopic (exact) mass is 263 g/mol. The van der Waals surface area contributed by atoms with Gasteiger partial charge in [-0.15, -0.1) is 0 Å². The number of halogens is 3. The minimum Gasteiger partial charge on any atom is -0.477 e. The largest absolute Gasteiger partial charge is 0.477 e. The van der Waals surface area contributed by atoms with Gasteiger partial charge in [0.1, 0.15) is 11.4 Å². The predicted octanol–water partition coefficient (Wildman–Crippen LogP) is 2.24. The topological polar surface area (TPSA) is 51.5 Å². The van der Waals surface area contributed by atoms with Crippen LogP contribution < -0.4 is 0 Å². The molecule has 1 saturated heterocycles. The number of carboxylic acids is 1. The van der Waals surface area contributed by atoms with Crippen molar-refractivity contribution in [1.29, 1.82) is 0 Å². The second-order valence-corrected chi connectivity index (χ2v) is 4.25. The van der Waals surface area contributed by atoms with Crippen LogP contribution in [0.2, 0.25) is 0 Å². The van der Waals surface area contributed by atoms with E-state index in [9.17, 15) is 18.0 Å². The zero-order valence-electron chi connectivity index (χ0n) is 9.41. The first-order valence-electron chi connectivity index (χ1n) is 5.47. The molecule has 1 N–H and O–H groups in total. The predicted molar refractivity (Wildman–Crippen MR) is 55.3 cm³/mol. The van der Waals surface area contributed by atoms with E-state index in [4.69, 9.17) is 9.84 Å². The first-order chi connectivity index (χ1) is 8.39. The van der Waals surface area contributed by atoms with E-state index >= 15 is 0 Å². The van der Waals surface area contributed by atoms with Crippen LogP contribution in [-0.2, 0) is 17.5 Å². The molecule has 0 amide bonds. The van der Waals surface area contributed by atoms with Crippen LogP contribution in [-0.4, -0.2) is 28.9 Å². The standard InChI is InChI=1S/C11H12F3NO3/c12-11(13,14)9-2-1-8(10(16)17)15(9)5-7-3-4-18-6-7/h1-2,7H,3-6H2,(H,16,17). The van der Waals surface area contributed by atoms with E-state index in [-0.39, 0.29) is 18.2 Å². The zero-order chi connectivity index (χ0) is 13.3. The smallest absolute Gasteiger partial charge is 0.431 e. The molecule has 1 unspecified atom stereocenters. The summed E-state index contributed by atoms with van der Waals surface area (Å²) in [5.41, 5.74) is -1.26. The number of hydrogen-bond donors (Lipinski definition) is 1. The highest BCUT2D eigenvalue weighted by Crippen LogP contribution is 2.32. The Morgan fingerprint density at radius 1 is 1.50 bits per heavy atom. The van der Waals surface area contributed by atoms with Crippen LogP contribution in [0.25, 0.3) is 0 Å². The molecule has 18 heavy (non-hydrogen) atoms. The molecule has 1 aromatic rings. The van der Waals surface area contributed by atoms with Gasteiger partial charge in [0.25, 0.3) is 0 Å². The highest BCUT2D eigenvalue weighted by atomic mass is 19.4. The zero-order valence-corrected chi connectivity index (χ0v) is 9.41. The fraction of sp³-hybridized carbons (Fsp3) is 0.545. The van der Waals surface area contributed by atoms with Crippen LogP contribution in [0.15, 0.2) is 12.1 Å². The van der Waals surface area contributed by atoms with Gasteiger partial charge in [-0.25, -0.2) is 4.79 Å². The van der Waals surface area contributed by atoms with Crippen molar-refractivity contribution in [2.24, 2.45) is 5.92 Å². The third-order valence-corrected chi connectivity index (χ3v) is 2.95. The van der Waals surface area contributed by atoms with Crippen LogP contribution in [0.5, 0.6) is 0 Å². The van der Waals surface area contributed by atoms with Gasteiger partial charge in [0, 0.05) is 19.1 Å². The number of hydrogen-bond acceptors (Lipinski definition) is 2. The highest BCUT2D eigenvalue weighted by molar-refractivity contribution is 5.86. The minimum atomic E-state index is -4.55. The number of carboxylic acid groups (broad SMARTS) is 1. The van der Waals surface area contributed by atoms with Gasteiger partial charge in [-0.05, 0) is 18.6 Å². The number of rotatable bonds is 3. The molecule has 0 aromatic carbocycles. The first-order valence-corrected chi connectivity index (χ1v) is 5.47. The van der Waals surface area contributed by atoms with E-state index in [0.717, 1.165) is 16.7 Å². The fourth-order valence-electron chi connectivity index (χ4n) is 2.08. The van der Waals surface area contributed by atoms with Crippen molar-refractivity contribution < 1.29 is 27.8 Å². The summed E-state index contributed by atoms with van der Waals surface area (Å²) in [4.78, 5) is 10.9. The van der Waals surface area contributed by atoms with Gasteiger partial charge < -0.3 is 14.4 Å². The average molecular weight is 263 g/mol. The molecule has 0 bridgehead atoms. The summed E-state index contributed by atoms with van der Waals surface area (Å²) in [6, 6.07) is 1.79. The van der Waals surface area contributed by atoms with Gasteiger partial charge in [0.15, 0.2) is 0 Å². The van der Waals surface area contributed by atoms with Gasteiger partial charge >= 0.3 is 12.1 Å². The van der Waals surface area contributed by atoms with Crippen LogP contribution in [0.4, 0.5) is 13.2 Å². The molecule has 2 rings (SSSR count). The second-order valence-electron chi connectivity index (χ2n) is 4.25. The van der Waals surface area contributed by atoms with E-state index < -0.39 is 17.8 Å². The fourth-order valence-corrected chi connectivity index (χ4v) is 2.08. The summed E-state index contributed by atoms with van der Waals surface area (Å²) >= 11 is 0. The molecule has 1 fully saturated rings. The summed E-state index contributed by atoms with van der Waals surface area (Å²) < 4.78 is 44.2. The molecule has 1 atom stereocenters. The summed E-state index contributed by atoms with van der Waals surface area (Å²) in [6.07, 6.45) is -3.90. The maximum Gasteiger partial charge on any atom is 0.431 e. The quantitative estimate of drug-likeness (QED) is 0.909.